The van der Waals surface area contributed by atoms with Crippen molar-refractivity contribution in [2.75, 3.05) is 0 Å². The third-order valence-electron chi connectivity index (χ3n) is 2.33. The van der Waals surface area contributed by atoms with Gasteiger partial charge in [0.1, 0.15) is 11.5 Å². The van der Waals surface area contributed by atoms with Crippen molar-refractivity contribution < 1.29 is 9.15 Å². The van der Waals surface area contributed by atoms with E-state index in [1.54, 1.807) is 18.7 Å². The van der Waals surface area contributed by atoms with Gasteiger partial charge in [-0.3, -0.25) is 4.98 Å². The molecule has 2 aromatic rings. The smallest absolute Gasteiger partial charge is 0.138 e. The zero-order chi connectivity index (χ0) is 12.3. The molecule has 0 aliphatic heterocycles. The van der Waals surface area contributed by atoms with E-state index in [-0.39, 0.29) is 6.10 Å². The first-order valence-corrected chi connectivity index (χ1v) is 5.59. The van der Waals surface area contributed by atoms with Crippen LogP contribution in [0, 0.1) is 0 Å². The quantitative estimate of drug-likeness (QED) is 0.880. The largest absolute Gasteiger partial charge is 0.489 e. The van der Waals surface area contributed by atoms with Crippen LogP contribution < -0.4 is 10.5 Å². The number of furan rings is 1. The number of pyridine rings is 1. The molecule has 0 radical (unpaired) electrons. The number of aromatic nitrogens is 1. The fourth-order valence-electron chi connectivity index (χ4n) is 1.66. The summed E-state index contributed by atoms with van der Waals surface area (Å²) in [5.41, 5.74) is 7.53. The third-order valence-corrected chi connectivity index (χ3v) is 2.33. The highest BCUT2D eigenvalue weighted by atomic mass is 16.5. The van der Waals surface area contributed by atoms with E-state index in [0.717, 1.165) is 22.6 Å². The van der Waals surface area contributed by atoms with Gasteiger partial charge in [-0.15, -0.1) is 0 Å². The van der Waals surface area contributed by atoms with Crippen molar-refractivity contribution in [3.05, 3.63) is 36.5 Å². The first-order valence-electron chi connectivity index (χ1n) is 5.59. The maximum Gasteiger partial charge on any atom is 0.138 e. The van der Waals surface area contributed by atoms with Gasteiger partial charge in [-0.25, -0.2) is 0 Å². The lowest BCUT2D eigenvalue weighted by Crippen LogP contribution is -2.05. The van der Waals surface area contributed by atoms with Crippen molar-refractivity contribution >= 4 is 0 Å². The molecule has 2 N–H and O–H groups in total. The number of nitrogens with two attached hydrogens (primary N) is 1. The second-order valence-corrected chi connectivity index (χ2v) is 4.04. The SMILES string of the molecule is CC(C)Oc1cncc(-c2ccoc2CN)c1. The van der Waals surface area contributed by atoms with Crippen LogP contribution in [0.3, 0.4) is 0 Å². The monoisotopic (exact) mass is 232 g/mol. The molecule has 0 aromatic carbocycles. The van der Waals surface area contributed by atoms with E-state index in [1.807, 2.05) is 26.0 Å². The predicted octanol–water partition coefficient (Wildman–Crippen LogP) is 2.59. The second kappa shape index (κ2) is 5.01. The molecule has 0 saturated carbocycles. The molecule has 2 aromatic heterocycles. The minimum absolute atomic E-state index is 0.130. The van der Waals surface area contributed by atoms with Gasteiger partial charge < -0.3 is 14.9 Å². The Hall–Kier alpha value is -1.81. The molecule has 4 nitrogen and oxygen atoms in total. The van der Waals surface area contributed by atoms with E-state index in [2.05, 4.69) is 4.98 Å². The normalized spacial score (nSPS) is 10.8. The molecule has 17 heavy (non-hydrogen) atoms. The molecule has 4 heteroatoms. The summed E-state index contributed by atoms with van der Waals surface area (Å²) < 4.78 is 10.9. The van der Waals surface area contributed by atoms with Gasteiger partial charge in [0.2, 0.25) is 0 Å². The Bertz CT molecular complexity index is 492. The van der Waals surface area contributed by atoms with Crippen LogP contribution in [0.1, 0.15) is 19.6 Å². The number of hydrogen-bond acceptors (Lipinski definition) is 4. The van der Waals surface area contributed by atoms with Crippen molar-refractivity contribution in [1.29, 1.82) is 0 Å². The summed E-state index contributed by atoms with van der Waals surface area (Å²) in [5, 5.41) is 0. The Balaban J connectivity index is 2.33. The summed E-state index contributed by atoms with van der Waals surface area (Å²) in [4.78, 5) is 4.16. The van der Waals surface area contributed by atoms with E-state index < -0.39 is 0 Å². The molecular weight excluding hydrogens is 216 g/mol. The molecule has 0 fully saturated rings. The van der Waals surface area contributed by atoms with Crippen LogP contribution in [0.4, 0.5) is 0 Å². The summed E-state index contributed by atoms with van der Waals surface area (Å²) >= 11 is 0. The average Bonchev–Trinajstić information content (AvgIpc) is 2.76. The van der Waals surface area contributed by atoms with E-state index in [4.69, 9.17) is 14.9 Å². The zero-order valence-electron chi connectivity index (χ0n) is 10.0. The standard InChI is InChI=1S/C13H16N2O2/c1-9(2)17-11-5-10(7-15-8-11)12-3-4-16-13(12)6-14/h3-5,7-9H,6,14H2,1-2H3. The molecule has 0 bridgehead atoms. The molecule has 0 spiro atoms. The molecule has 0 aliphatic carbocycles. The highest BCUT2D eigenvalue weighted by Gasteiger charge is 2.09. The average molecular weight is 232 g/mol. The third kappa shape index (κ3) is 2.65. The molecule has 0 amide bonds. The maximum absolute atomic E-state index is 5.61. The van der Waals surface area contributed by atoms with Crippen LogP contribution in [0.15, 0.2) is 35.2 Å². The summed E-state index contributed by atoms with van der Waals surface area (Å²) in [5.74, 6) is 1.51. The van der Waals surface area contributed by atoms with E-state index in [0.29, 0.717) is 6.54 Å². The number of ether oxygens (including phenoxy) is 1. The Morgan fingerprint density at radius 1 is 1.41 bits per heavy atom. The van der Waals surface area contributed by atoms with Crippen molar-refractivity contribution in [3.63, 3.8) is 0 Å². The lowest BCUT2D eigenvalue weighted by atomic mass is 10.1. The number of nitrogens with zero attached hydrogens (tertiary/aromatic N) is 1. The fraction of sp³-hybridized carbons (Fsp3) is 0.308. The lowest BCUT2D eigenvalue weighted by Gasteiger charge is -2.10. The predicted molar refractivity (Wildman–Crippen MR) is 65.6 cm³/mol. The first kappa shape index (κ1) is 11.7. The van der Waals surface area contributed by atoms with E-state index in [1.165, 1.54) is 0 Å². The van der Waals surface area contributed by atoms with Gasteiger partial charge in [-0.2, -0.15) is 0 Å². The van der Waals surface area contributed by atoms with Gasteiger partial charge in [0.15, 0.2) is 0 Å². The van der Waals surface area contributed by atoms with Crippen molar-refractivity contribution in [3.8, 4) is 16.9 Å². The van der Waals surface area contributed by atoms with Gasteiger partial charge in [-0.05, 0) is 26.0 Å². The molecule has 0 saturated heterocycles. The van der Waals surface area contributed by atoms with Crippen LogP contribution >= 0.6 is 0 Å². The second-order valence-electron chi connectivity index (χ2n) is 4.04. The summed E-state index contributed by atoms with van der Waals surface area (Å²) in [7, 11) is 0. The summed E-state index contributed by atoms with van der Waals surface area (Å²) in [6, 6.07) is 3.83. The van der Waals surface area contributed by atoms with Crippen molar-refractivity contribution in [2.24, 2.45) is 5.73 Å². The fourth-order valence-corrected chi connectivity index (χ4v) is 1.66. The van der Waals surface area contributed by atoms with Crippen molar-refractivity contribution in [1.82, 2.24) is 4.98 Å². The molecule has 0 atom stereocenters. The van der Waals surface area contributed by atoms with Gasteiger partial charge in [0.25, 0.3) is 0 Å². The minimum Gasteiger partial charge on any atom is -0.489 e. The Morgan fingerprint density at radius 2 is 2.24 bits per heavy atom. The maximum atomic E-state index is 5.61. The lowest BCUT2D eigenvalue weighted by molar-refractivity contribution is 0.241. The highest BCUT2D eigenvalue weighted by Crippen LogP contribution is 2.27. The number of hydrogen-bond donors (Lipinski definition) is 1. The summed E-state index contributed by atoms with van der Waals surface area (Å²) in [6.07, 6.45) is 5.24. The van der Waals surface area contributed by atoms with Gasteiger partial charge >= 0.3 is 0 Å². The number of rotatable bonds is 4. The van der Waals surface area contributed by atoms with Crippen LogP contribution in [-0.2, 0) is 6.54 Å². The van der Waals surface area contributed by atoms with Gasteiger partial charge in [0, 0.05) is 17.3 Å². The summed E-state index contributed by atoms with van der Waals surface area (Å²) in [6.45, 7) is 4.34. The van der Waals surface area contributed by atoms with E-state index >= 15 is 0 Å². The van der Waals surface area contributed by atoms with Crippen LogP contribution in [0.25, 0.3) is 11.1 Å². The minimum atomic E-state index is 0.130. The molecule has 0 aliphatic rings. The molecular formula is C13H16N2O2. The van der Waals surface area contributed by atoms with Crippen LogP contribution in [0.2, 0.25) is 0 Å². The van der Waals surface area contributed by atoms with Crippen LogP contribution in [-0.4, -0.2) is 11.1 Å². The van der Waals surface area contributed by atoms with Crippen LogP contribution in [0.5, 0.6) is 5.75 Å². The topological polar surface area (TPSA) is 61.3 Å². The zero-order valence-corrected chi connectivity index (χ0v) is 10.0. The molecule has 90 valence electrons. The molecule has 2 heterocycles. The van der Waals surface area contributed by atoms with Gasteiger partial charge in [0.05, 0.1) is 25.1 Å². The van der Waals surface area contributed by atoms with Gasteiger partial charge in [-0.1, -0.05) is 0 Å². The highest BCUT2D eigenvalue weighted by molar-refractivity contribution is 5.65. The first-order chi connectivity index (χ1) is 8.20. The van der Waals surface area contributed by atoms with E-state index in [9.17, 15) is 0 Å². The Kier molecular flexibility index (Phi) is 3.44. The Labute approximate surface area is 100 Å². The molecule has 2 rings (SSSR count). The molecule has 0 unspecified atom stereocenters. The van der Waals surface area contributed by atoms with Crippen molar-refractivity contribution in [2.45, 2.75) is 26.5 Å². The Morgan fingerprint density at radius 3 is 2.94 bits per heavy atom.